The number of nitrogens with two attached hydrogens (primary N) is 1. The second kappa shape index (κ2) is 11.9. The van der Waals surface area contributed by atoms with E-state index in [2.05, 4.69) is 22.4 Å². The number of guanidine groups is 1. The number of aliphatic imine (C=N–C) groups is 1. The van der Waals surface area contributed by atoms with Crippen LogP contribution in [0.1, 0.15) is 5.56 Å². The van der Waals surface area contributed by atoms with Gasteiger partial charge < -0.3 is 20.5 Å². The van der Waals surface area contributed by atoms with Crippen LogP contribution in [0.25, 0.3) is 0 Å². The summed E-state index contributed by atoms with van der Waals surface area (Å²) in [5.74, 6) is 2.76. The Kier molecular flexibility index (Phi) is 10.2. The summed E-state index contributed by atoms with van der Waals surface area (Å²) in [7, 11) is 3.23. The number of ether oxygens (including phenoxy) is 2. The maximum Gasteiger partial charge on any atom is 0.188 e. The fraction of sp³-hybridized carbons (Fsp3) is 0.278. The van der Waals surface area contributed by atoms with Gasteiger partial charge >= 0.3 is 0 Å². The van der Waals surface area contributed by atoms with E-state index in [9.17, 15) is 0 Å². The molecule has 0 aliphatic carbocycles. The van der Waals surface area contributed by atoms with Gasteiger partial charge in [-0.1, -0.05) is 24.3 Å². The number of nitrogens with zero attached hydrogens (tertiary/aromatic N) is 1. The highest BCUT2D eigenvalue weighted by molar-refractivity contribution is 14.0. The third-order valence-electron chi connectivity index (χ3n) is 3.30. The van der Waals surface area contributed by atoms with Crippen LogP contribution < -0.4 is 20.5 Å². The number of hydrogen-bond donors (Lipinski definition) is 2. The van der Waals surface area contributed by atoms with Crippen LogP contribution in [-0.4, -0.2) is 32.5 Å². The van der Waals surface area contributed by atoms with Gasteiger partial charge in [0.1, 0.15) is 0 Å². The van der Waals surface area contributed by atoms with Crippen LogP contribution in [0.3, 0.4) is 0 Å². The van der Waals surface area contributed by atoms with E-state index in [1.54, 1.807) is 26.0 Å². The fourth-order valence-electron chi connectivity index (χ4n) is 2.08. The minimum atomic E-state index is 0. The number of rotatable bonds is 8. The SMILES string of the molecule is COc1ccc(CN=C(N)NCCSc2ccccc2)cc1OC.I. The van der Waals surface area contributed by atoms with E-state index in [0.717, 1.165) is 17.9 Å². The summed E-state index contributed by atoms with van der Waals surface area (Å²) >= 11 is 1.78. The normalized spacial score (nSPS) is 10.7. The van der Waals surface area contributed by atoms with Gasteiger partial charge in [0.05, 0.1) is 20.8 Å². The third kappa shape index (κ3) is 7.43. The maximum atomic E-state index is 5.90. The Labute approximate surface area is 170 Å². The van der Waals surface area contributed by atoms with Gasteiger partial charge in [-0.25, -0.2) is 4.99 Å². The summed E-state index contributed by atoms with van der Waals surface area (Å²) in [5.41, 5.74) is 6.91. The van der Waals surface area contributed by atoms with Crippen molar-refractivity contribution in [2.45, 2.75) is 11.4 Å². The molecule has 0 aliphatic rings. The number of thioether (sulfide) groups is 1. The van der Waals surface area contributed by atoms with E-state index >= 15 is 0 Å². The Balaban J connectivity index is 0.00000312. The van der Waals surface area contributed by atoms with E-state index < -0.39 is 0 Å². The van der Waals surface area contributed by atoms with Crippen LogP contribution in [0.15, 0.2) is 58.4 Å². The van der Waals surface area contributed by atoms with Gasteiger partial charge in [0.2, 0.25) is 0 Å². The molecule has 0 atom stereocenters. The zero-order valence-electron chi connectivity index (χ0n) is 14.4. The lowest BCUT2D eigenvalue weighted by atomic mass is 10.2. The van der Waals surface area contributed by atoms with Gasteiger partial charge in [0.15, 0.2) is 17.5 Å². The highest BCUT2D eigenvalue weighted by atomic mass is 127. The Hall–Kier alpha value is -1.61. The molecule has 0 spiro atoms. The van der Waals surface area contributed by atoms with Crippen molar-refractivity contribution in [3.05, 3.63) is 54.1 Å². The molecule has 7 heteroatoms. The molecule has 0 fully saturated rings. The summed E-state index contributed by atoms with van der Waals surface area (Å²) < 4.78 is 10.5. The lowest BCUT2D eigenvalue weighted by molar-refractivity contribution is 0.354. The Bertz CT molecular complexity index is 669. The van der Waals surface area contributed by atoms with Gasteiger partial charge in [0, 0.05) is 17.2 Å². The molecule has 0 aromatic heterocycles. The minimum absolute atomic E-state index is 0. The van der Waals surface area contributed by atoms with Crippen LogP contribution >= 0.6 is 35.7 Å². The van der Waals surface area contributed by atoms with Crippen LogP contribution in [0, 0.1) is 0 Å². The number of hydrogen-bond acceptors (Lipinski definition) is 4. The first-order valence-electron chi connectivity index (χ1n) is 7.65. The van der Waals surface area contributed by atoms with E-state index in [4.69, 9.17) is 15.2 Å². The van der Waals surface area contributed by atoms with E-state index in [1.165, 1.54) is 4.90 Å². The number of nitrogens with one attached hydrogen (secondary N) is 1. The van der Waals surface area contributed by atoms with Gasteiger partial charge in [-0.15, -0.1) is 35.7 Å². The summed E-state index contributed by atoms with van der Waals surface area (Å²) in [6.45, 7) is 1.26. The summed E-state index contributed by atoms with van der Waals surface area (Å²) in [5, 5.41) is 3.13. The second-order valence-corrected chi connectivity index (χ2v) is 6.15. The summed E-state index contributed by atoms with van der Waals surface area (Å²) in [4.78, 5) is 5.60. The first kappa shape index (κ1) is 21.4. The first-order chi connectivity index (χ1) is 11.7. The van der Waals surface area contributed by atoms with E-state index in [0.29, 0.717) is 24.0 Å². The molecule has 0 saturated heterocycles. The lowest BCUT2D eigenvalue weighted by Gasteiger charge is -2.09. The lowest BCUT2D eigenvalue weighted by Crippen LogP contribution is -2.33. The molecule has 5 nitrogen and oxygen atoms in total. The van der Waals surface area contributed by atoms with Crippen molar-refractivity contribution in [1.29, 1.82) is 0 Å². The quantitative estimate of drug-likeness (QED) is 0.202. The van der Waals surface area contributed by atoms with Crippen molar-refractivity contribution < 1.29 is 9.47 Å². The van der Waals surface area contributed by atoms with Crippen molar-refractivity contribution >= 4 is 41.7 Å². The fourth-order valence-corrected chi connectivity index (χ4v) is 2.87. The topological polar surface area (TPSA) is 68.9 Å². The highest BCUT2D eigenvalue weighted by Crippen LogP contribution is 2.27. The van der Waals surface area contributed by atoms with Gasteiger partial charge in [-0.3, -0.25) is 0 Å². The molecule has 0 unspecified atom stereocenters. The van der Waals surface area contributed by atoms with Crippen LogP contribution in [0.2, 0.25) is 0 Å². The summed E-state index contributed by atoms with van der Waals surface area (Å²) in [6.07, 6.45) is 0. The minimum Gasteiger partial charge on any atom is -0.493 e. The first-order valence-corrected chi connectivity index (χ1v) is 8.64. The second-order valence-electron chi connectivity index (χ2n) is 4.98. The zero-order chi connectivity index (χ0) is 17.2. The van der Waals surface area contributed by atoms with Crippen LogP contribution in [0.4, 0.5) is 0 Å². The largest absolute Gasteiger partial charge is 0.493 e. The molecule has 0 saturated carbocycles. The van der Waals surface area contributed by atoms with Crippen molar-refractivity contribution in [1.82, 2.24) is 5.32 Å². The van der Waals surface area contributed by atoms with Gasteiger partial charge in [0.25, 0.3) is 0 Å². The Morgan fingerprint density at radius 1 is 1.08 bits per heavy atom. The Morgan fingerprint density at radius 3 is 2.48 bits per heavy atom. The Morgan fingerprint density at radius 2 is 1.80 bits per heavy atom. The monoisotopic (exact) mass is 473 g/mol. The van der Waals surface area contributed by atoms with Crippen LogP contribution in [-0.2, 0) is 6.54 Å². The van der Waals surface area contributed by atoms with Crippen LogP contribution in [0.5, 0.6) is 11.5 Å². The molecular formula is C18H24IN3O2S. The predicted molar refractivity (Wildman–Crippen MR) is 115 cm³/mol. The van der Waals surface area contributed by atoms with Crippen molar-refractivity contribution in [3.8, 4) is 11.5 Å². The van der Waals surface area contributed by atoms with Crippen molar-refractivity contribution in [2.24, 2.45) is 10.7 Å². The highest BCUT2D eigenvalue weighted by Gasteiger charge is 2.04. The zero-order valence-corrected chi connectivity index (χ0v) is 17.5. The third-order valence-corrected chi connectivity index (χ3v) is 4.31. The molecule has 3 N–H and O–H groups in total. The summed E-state index contributed by atoms with van der Waals surface area (Å²) in [6, 6.07) is 16.0. The molecule has 0 radical (unpaired) electrons. The number of halogens is 1. The molecule has 0 amide bonds. The maximum absolute atomic E-state index is 5.90. The molecule has 0 aliphatic heterocycles. The molecule has 2 aromatic carbocycles. The standard InChI is InChI=1S/C18H23N3O2S.HI/c1-22-16-9-8-14(12-17(16)23-2)13-21-18(19)20-10-11-24-15-6-4-3-5-7-15;/h3-9,12H,10-11,13H2,1-2H3,(H3,19,20,21);1H. The molecule has 0 heterocycles. The average Bonchev–Trinajstić information content (AvgIpc) is 2.64. The predicted octanol–water partition coefficient (Wildman–Crippen LogP) is 3.52. The van der Waals surface area contributed by atoms with Gasteiger partial charge in [-0.2, -0.15) is 0 Å². The van der Waals surface area contributed by atoms with E-state index in [-0.39, 0.29) is 24.0 Å². The van der Waals surface area contributed by atoms with Gasteiger partial charge in [-0.05, 0) is 29.8 Å². The number of methoxy groups -OCH3 is 2. The average molecular weight is 473 g/mol. The molecule has 2 aromatic rings. The smallest absolute Gasteiger partial charge is 0.188 e. The van der Waals surface area contributed by atoms with Crippen molar-refractivity contribution in [2.75, 3.05) is 26.5 Å². The molecule has 25 heavy (non-hydrogen) atoms. The number of benzene rings is 2. The van der Waals surface area contributed by atoms with E-state index in [1.807, 2.05) is 36.4 Å². The van der Waals surface area contributed by atoms with Crippen molar-refractivity contribution in [3.63, 3.8) is 0 Å². The molecule has 0 bridgehead atoms. The molecular weight excluding hydrogens is 449 g/mol. The molecule has 136 valence electrons. The molecule has 2 rings (SSSR count).